The van der Waals surface area contributed by atoms with Gasteiger partial charge in [0.15, 0.2) is 5.11 Å². The van der Waals surface area contributed by atoms with E-state index in [1.165, 1.54) is 19.3 Å². The first-order valence-corrected chi connectivity index (χ1v) is 7.95. The lowest BCUT2D eigenvalue weighted by atomic mass is 10.00. The third kappa shape index (κ3) is 3.98. The summed E-state index contributed by atoms with van der Waals surface area (Å²) in [5.41, 5.74) is 4.11. The summed E-state index contributed by atoms with van der Waals surface area (Å²) in [6, 6.07) is 6.33. The Morgan fingerprint density at radius 3 is 2.45 bits per heavy atom. The fourth-order valence-corrected chi connectivity index (χ4v) is 3.01. The molecule has 0 radical (unpaired) electrons. The molecular formula is C14H19Cl2N3S. The van der Waals surface area contributed by atoms with Crippen molar-refractivity contribution >= 4 is 46.2 Å². The van der Waals surface area contributed by atoms with Crippen LogP contribution in [0, 0.1) is 0 Å². The van der Waals surface area contributed by atoms with E-state index in [9.17, 15) is 0 Å². The Labute approximate surface area is 135 Å². The molecule has 3 nitrogen and oxygen atoms in total. The van der Waals surface area contributed by atoms with Gasteiger partial charge in [-0.15, -0.1) is 0 Å². The van der Waals surface area contributed by atoms with Crippen LogP contribution in [0.1, 0.15) is 33.1 Å². The fraction of sp³-hybridized carbons (Fsp3) is 0.500. The largest absolute Gasteiger partial charge is 0.332 e. The van der Waals surface area contributed by atoms with E-state index < -0.39 is 0 Å². The van der Waals surface area contributed by atoms with Crippen LogP contribution in [0.3, 0.4) is 0 Å². The Morgan fingerprint density at radius 2 is 1.85 bits per heavy atom. The summed E-state index contributed by atoms with van der Waals surface area (Å²) >= 11 is 17.2. The zero-order valence-corrected chi connectivity index (χ0v) is 13.9. The second kappa shape index (κ2) is 6.94. The van der Waals surface area contributed by atoms with Gasteiger partial charge >= 0.3 is 0 Å². The molecule has 1 heterocycles. The number of hydrazine groups is 1. The van der Waals surface area contributed by atoms with Gasteiger partial charge in [0.1, 0.15) is 0 Å². The van der Waals surface area contributed by atoms with Crippen LogP contribution >= 0.6 is 35.4 Å². The molecule has 2 N–H and O–H groups in total. The number of rotatable bonds is 2. The SMILES string of the molecule is CC1CCCC(C)N1NC(=S)Nc1ccc(Cl)c(Cl)c1. The summed E-state index contributed by atoms with van der Waals surface area (Å²) in [5.74, 6) is 0. The molecule has 0 aliphatic carbocycles. The molecule has 0 saturated carbocycles. The lowest BCUT2D eigenvalue weighted by Crippen LogP contribution is -2.55. The summed E-state index contributed by atoms with van der Waals surface area (Å²) < 4.78 is 0. The normalized spacial score (nSPS) is 23.4. The maximum Gasteiger partial charge on any atom is 0.185 e. The van der Waals surface area contributed by atoms with Crippen LogP contribution < -0.4 is 10.7 Å². The van der Waals surface area contributed by atoms with Gasteiger partial charge in [0.2, 0.25) is 0 Å². The minimum Gasteiger partial charge on any atom is -0.332 e. The topological polar surface area (TPSA) is 27.3 Å². The summed E-state index contributed by atoms with van der Waals surface area (Å²) in [6.45, 7) is 4.43. The smallest absolute Gasteiger partial charge is 0.185 e. The molecule has 0 amide bonds. The second-order valence-corrected chi connectivity index (χ2v) is 6.45. The number of thiocarbonyl (C=S) groups is 1. The molecule has 1 aliphatic heterocycles. The van der Waals surface area contributed by atoms with Gasteiger partial charge in [-0.25, -0.2) is 5.01 Å². The Kier molecular flexibility index (Phi) is 5.49. The molecule has 1 fully saturated rings. The molecule has 1 aliphatic rings. The maximum atomic E-state index is 5.99. The molecule has 20 heavy (non-hydrogen) atoms. The van der Waals surface area contributed by atoms with E-state index in [1.54, 1.807) is 12.1 Å². The third-order valence-electron chi connectivity index (χ3n) is 3.60. The number of anilines is 1. The van der Waals surface area contributed by atoms with Crippen LogP contribution in [0.5, 0.6) is 0 Å². The van der Waals surface area contributed by atoms with Crippen LogP contribution in [0.4, 0.5) is 5.69 Å². The van der Waals surface area contributed by atoms with Gasteiger partial charge in [0, 0.05) is 17.8 Å². The molecule has 2 unspecified atom stereocenters. The molecule has 2 rings (SSSR count). The molecule has 6 heteroatoms. The first-order chi connectivity index (χ1) is 9.47. The van der Waals surface area contributed by atoms with Crippen molar-refractivity contribution in [1.82, 2.24) is 10.4 Å². The van der Waals surface area contributed by atoms with Crippen molar-refractivity contribution in [1.29, 1.82) is 0 Å². The molecule has 0 spiro atoms. The Bertz CT molecular complexity index is 485. The monoisotopic (exact) mass is 331 g/mol. The van der Waals surface area contributed by atoms with E-state index in [4.69, 9.17) is 35.4 Å². The number of benzene rings is 1. The van der Waals surface area contributed by atoms with Crippen LogP contribution in [0.25, 0.3) is 0 Å². The predicted molar refractivity (Wildman–Crippen MR) is 90.4 cm³/mol. The van der Waals surface area contributed by atoms with Crippen LogP contribution in [0.15, 0.2) is 18.2 Å². The highest BCUT2D eigenvalue weighted by Gasteiger charge is 2.25. The van der Waals surface area contributed by atoms with Gasteiger partial charge in [-0.1, -0.05) is 29.6 Å². The molecule has 0 bridgehead atoms. The average Bonchev–Trinajstić information content (AvgIpc) is 2.38. The highest BCUT2D eigenvalue weighted by Crippen LogP contribution is 2.25. The number of nitrogens with one attached hydrogen (secondary N) is 2. The summed E-state index contributed by atoms with van der Waals surface area (Å²) in [5, 5.41) is 6.98. The standard InChI is InChI=1S/C14H19Cl2N3S/c1-9-4-3-5-10(2)19(9)18-14(20)17-11-6-7-12(15)13(16)8-11/h6-10H,3-5H2,1-2H3,(H2,17,18,20). The van der Waals surface area contributed by atoms with Crippen molar-refractivity contribution in [2.24, 2.45) is 0 Å². The van der Waals surface area contributed by atoms with Gasteiger partial charge in [0.25, 0.3) is 0 Å². The van der Waals surface area contributed by atoms with Gasteiger partial charge in [-0.05, 0) is 57.1 Å². The van der Waals surface area contributed by atoms with Crippen molar-refractivity contribution in [2.45, 2.75) is 45.2 Å². The second-order valence-electron chi connectivity index (χ2n) is 5.23. The summed E-state index contributed by atoms with van der Waals surface area (Å²) in [7, 11) is 0. The van der Waals surface area contributed by atoms with E-state index in [-0.39, 0.29) is 0 Å². The lowest BCUT2D eigenvalue weighted by Gasteiger charge is -2.39. The molecule has 1 saturated heterocycles. The van der Waals surface area contributed by atoms with Gasteiger partial charge in [0.05, 0.1) is 10.0 Å². The fourth-order valence-electron chi connectivity index (χ4n) is 2.49. The number of hydrogen-bond acceptors (Lipinski definition) is 2. The van der Waals surface area contributed by atoms with E-state index >= 15 is 0 Å². The lowest BCUT2D eigenvalue weighted by molar-refractivity contribution is 0.0750. The van der Waals surface area contributed by atoms with Crippen molar-refractivity contribution in [3.63, 3.8) is 0 Å². The highest BCUT2D eigenvalue weighted by atomic mass is 35.5. The molecular weight excluding hydrogens is 313 g/mol. The summed E-state index contributed by atoms with van der Waals surface area (Å²) in [6.07, 6.45) is 3.65. The van der Waals surface area contributed by atoms with Crippen molar-refractivity contribution in [3.8, 4) is 0 Å². The Morgan fingerprint density at radius 1 is 1.20 bits per heavy atom. The number of halogens is 2. The predicted octanol–water partition coefficient (Wildman–Crippen LogP) is 4.46. The van der Waals surface area contributed by atoms with E-state index in [2.05, 4.69) is 29.6 Å². The number of piperidine rings is 1. The molecule has 1 aromatic rings. The minimum absolute atomic E-state index is 0.479. The van der Waals surface area contributed by atoms with Gasteiger partial charge < -0.3 is 5.32 Å². The summed E-state index contributed by atoms with van der Waals surface area (Å²) in [4.78, 5) is 0. The minimum atomic E-state index is 0.479. The quantitative estimate of drug-likeness (QED) is 0.782. The first-order valence-electron chi connectivity index (χ1n) is 6.78. The highest BCUT2D eigenvalue weighted by molar-refractivity contribution is 7.80. The molecule has 110 valence electrons. The van der Waals surface area contributed by atoms with Crippen LogP contribution in [0.2, 0.25) is 10.0 Å². The zero-order valence-electron chi connectivity index (χ0n) is 11.6. The van der Waals surface area contributed by atoms with E-state index in [1.807, 2.05) is 6.07 Å². The van der Waals surface area contributed by atoms with Crippen molar-refractivity contribution < 1.29 is 0 Å². The number of nitrogens with zero attached hydrogens (tertiary/aromatic N) is 1. The van der Waals surface area contributed by atoms with Gasteiger partial charge in [-0.2, -0.15) is 0 Å². The molecule has 2 atom stereocenters. The zero-order chi connectivity index (χ0) is 14.7. The Balaban J connectivity index is 1.96. The first kappa shape index (κ1) is 15.8. The number of hydrogen-bond donors (Lipinski definition) is 2. The maximum absolute atomic E-state index is 5.99. The van der Waals surface area contributed by atoms with E-state index in [0.717, 1.165) is 5.69 Å². The third-order valence-corrected chi connectivity index (χ3v) is 4.53. The van der Waals surface area contributed by atoms with E-state index in [0.29, 0.717) is 27.2 Å². The molecule has 1 aromatic carbocycles. The average molecular weight is 332 g/mol. The van der Waals surface area contributed by atoms with Gasteiger partial charge in [-0.3, -0.25) is 5.43 Å². The van der Waals surface area contributed by atoms with Crippen LogP contribution in [-0.2, 0) is 0 Å². The Hall–Kier alpha value is -0.550. The van der Waals surface area contributed by atoms with Crippen molar-refractivity contribution in [2.75, 3.05) is 5.32 Å². The molecule has 0 aromatic heterocycles. The van der Waals surface area contributed by atoms with Crippen molar-refractivity contribution in [3.05, 3.63) is 28.2 Å². The van der Waals surface area contributed by atoms with Crippen LogP contribution in [-0.4, -0.2) is 22.2 Å².